The number of benzene rings is 3. The molecule has 0 aliphatic heterocycles. The summed E-state index contributed by atoms with van der Waals surface area (Å²) in [6.45, 7) is 9.13. The van der Waals surface area contributed by atoms with Crippen LogP contribution in [0.5, 0.6) is 0 Å². The van der Waals surface area contributed by atoms with Crippen LogP contribution in [0.4, 0.5) is 0 Å². The summed E-state index contributed by atoms with van der Waals surface area (Å²) in [7, 11) is 0. The number of aryl methyl sites for hydroxylation is 4. The molecule has 0 saturated heterocycles. The van der Waals surface area contributed by atoms with E-state index in [1.165, 1.54) is 45.5 Å². The van der Waals surface area contributed by atoms with Gasteiger partial charge in [-0.25, -0.2) is 0 Å². The Balaban J connectivity index is 0.000000179. The summed E-state index contributed by atoms with van der Waals surface area (Å²) in [6.07, 6.45) is 12.7. The molecule has 2 heteroatoms. The fraction of sp³-hybridized carbons (Fsp3) is 0.222. The van der Waals surface area contributed by atoms with E-state index in [4.69, 9.17) is 0 Å². The van der Waals surface area contributed by atoms with Gasteiger partial charge in [-0.3, -0.25) is 0 Å². The number of nitrogens with zero attached hydrogens (tertiary/aromatic N) is 1. The third-order valence-electron chi connectivity index (χ3n) is 7.87. The third-order valence-corrected chi connectivity index (χ3v) is 12.3. The molecule has 0 saturated carbocycles. The van der Waals surface area contributed by atoms with Gasteiger partial charge in [-0.15, -0.1) is 0 Å². The zero-order valence-electron chi connectivity index (χ0n) is 23.0. The van der Waals surface area contributed by atoms with E-state index < -0.39 is 23.2 Å². The third kappa shape index (κ3) is 6.02. The molecule has 0 spiro atoms. The summed E-state index contributed by atoms with van der Waals surface area (Å²) >= 11 is -0.733. The largest absolute Gasteiger partial charge is 0.0622 e. The molecule has 1 aromatic heterocycles. The van der Waals surface area contributed by atoms with E-state index in [9.17, 15) is 0 Å². The Kier molecular flexibility index (Phi) is 8.60. The van der Waals surface area contributed by atoms with Crippen LogP contribution in [0.3, 0.4) is 0 Å². The first-order valence-corrected chi connectivity index (χ1v) is 16.3. The van der Waals surface area contributed by atoms with Crippen molar-refractivity contribution >= 4 is 11.8 Å². The first kappa shape index (κ1) is 26.6. The molecule has 1 atom stereocenters. The Hall–Kier alpha value is -2.96. The van der Waals surface area contributed by atoms with Crippen molar-refractivity contribution in [3.05, 3.63) is 151 Å². The molecular weight excluding hydrogens is 538 g/mol. The van der Waals surface area contributed by atoms with E-state index >= 15 is 0 Å². The maximum Gasteiger partial charge on any atom is -0.0238 e. The summed E-state index contributed by atoms with van der Waals surface area (Å²) in [5.41, 5.74) is 13.3. The fourth-order valence-corrected chi connectivity index (χ4v) is 10.0. The Morgan fingerprint density at radius 1 is 0.711 bits per heavy atom. The molecule has 2 aliphatic rings. The number of aromatic nitrogens is 1. The normalized spacial score (nSPS) is 15.9. The Labute approximate surface area is 240 Å². The zero-order chi connectivity index (χ0) is 26.5. The minimum atomic E-state index is -0.733. The average Bonchev–Trinajstić information content (AvgIpc) is 3.68. The van der Waals surface area contributed by atoms with Crippen molar-refractivity contribution in [2.45, 2.75) is 50.6 Å². The van der Waals surface area contributed by atoms with Crippen LogP contribution < -0.4 is 0 Å². The van der Waals surface area contributed by atoms with Crippen molar-refractivity contribution in [2.75, 3.05) is 0 Å². The van der Waals surface area contributed by atoms with E-state index in [2.05, 4.69) is 142 Å². The van der Waals surface area contributed by atoms with Gasteiger partial charge in [-0.05, 0) is 24.0 Å². The van der Waals surface area contributed by atoms with Gasteiger partial charge >= 0.3 is 157 Å². The molecule has 0 amide bonds. The smallest absolute Gasteiger partial charge is 0.0238 e. The molecule has 4 aromatic rings. The molecule has 190 valence electrons. The van der Waals surface area contributed by atoms with Crippen molar-refractivity contribution in [3.8, 4) is 0 Å². The minimum Gasteiger partial charge on any atom is -0.0622 e. The Morgan fingerprint density at radius 3 is 1.84 bits per heavy atom. The van der Waals surface area contributed by atoms with Gasteiger partial charge in [-0.2, -0.15) is 0 Å². The zero-order valence-corrected chi connectivity index (χ0v) is 25.5. The van der Waals surface area contributed by atoms with Crippen molar-refractivity contribution < 1.29 is 23.2 Å². The number of hydrogen-bond donors (Lipinski definition) is 0. The summed E-state index contributed by atoms with van der Waals surface area (Å²) in [4.78, 5) is 0. The second-order valence-corrected chi connectivity index (χ2v) is 14.0. The van der Waals surface area contributed by atoms with Crippen LogP contribution >= 0.6 is 0 Å². The SMILES string of the molecule is CC1=CC[C]([Zr][CH]2C(n3cccc3)=Cc3c(C)ccc(C)c32)=C1C.c1ccc(CCc2ccccc2)cc1. The number of fused-ring (bicyclic) bond motifs is 1. The first-order valence-electron chi connectivity index (χ1n) is 13.7. The van der Waals surface area contributed by atoms with Gasteiger partial charge in [0, 0.05) is 0 Å². The van der Waals surface area contributed by atoms with E-state index in [0.29, 0.717) is 3.63 Å². The second kappa shape index (κ2) is 12.3. The van der Waals surface area contributed by atoms with Crippen LogP contribution in [0.25, 0.3) is 11.8 Å². The van der Waals surface area contributed by atoms with E-state index in [1.54, 1.807) is 14.4 Å². The van der Waals surface area contributed by atoms with Crippen molar-refractivity contribution in [1.29, 1.82) is 0 Å². The maximum absolute atomic E-state index is 2.45. The first-order chi connectivity index (χ1) is 18.5. The van der Waals surface area contributed by atoms with E-state index in [1.807, 2.05) is 0 Å². The van der Waals surface area contributed by atoms with Gasteiger partial charge in [0.2, 0.25) is 0 Å². The molecule has 1 heterocycles. The predicted molar refractivity (Wildman–Crippen MR) is 159 cm³/mol. The van der Waals surface area contributed by atoms with Crippen LogP contribution in [-0.4, -0.2) is 4.57 Å². The van der Waals surface area contributed by atoms with E-state index in [-0.39, 0.29) is 0 Å². The standard InChI is InChI=1S/C15H14N.C14H14.C7H9.Zr/c1-11-5-6-12(2)15-10-13(9-14(11)15)16-7-3-4-8-16;1-3-7-13(8-4-1)11-12-14-9-5-2-6-10-14;1-6-4-3-5-7(6)2;/h3-10H,1-2H3;1-10H,11-12H2;4H,3H2,1-2H3;. The predicted octanol–water partition coefficient (Wildman–Crippen LogP) is 9.34. The van der Waals surface area contributed by atoms with Crippen LogP contribution in [0.2, 0.25) is 0 Å². The van der Waals surface area contributed by atoms with Gasteiger partial charge in [0.25, 0.3) is 0 Å². The maximum atomic E-state index is 2.45. The quantitative estimate of drug-likeness (QED) is 0.216. The monoisotopic (exact) mass is 573 g/mol. The molecule has 1 unspecified atom stereocenters. The van der Waals surface area contributed by atoms with Gasteiger partial charge in [0.15, 0.2) is 0 Å². The van der Waals surface area contributed by atoms with Crippen LogP contribution in [0.15, 0.2) is 118 Å². The van der Waals surface area contributed by atoms with Crippen molar-refractivity contribution in [1.82, 2.24) is 4.57 Å². The van der Waals surface area contributed by atoms with E-state index in [0.717, 1.165) is 12.8 Å². The molecule has 0 radical (unpaired) electrons. The average molecular weight is 575 g/mol. The molecule has 0 fully saturated rings. The Morgan fingerprint density at radius 2 is 1.29 bits per heavy atom. The van der Waals surface area contributed by atoms with Gasteiger partial charge in [0.1, 0.15) is 0 Å². The van der Waals surface area contributed by atoms with Gasteiger partial charge in [-0.1, -0.05) is 60.7 Å². The topological polar surface area (TPSA) is 4.93 Å². The second-order valence-electron chi connectivity index (χ2n) is 10.4. The summed E-state index contributed by atoms with van der Waals surface area (Å²) in [6, 6.07) is 30.1. The minimum absolute atomic E-state index is 0.625. The fourth-order valence-electron chi connectivity index (χ4n) is 5.40. The number of hydrogen-bond acceptors (Lipinski definition) is 0. The molecule has 38 heavy (non-hydrogen) atoms. The molecule has 2 aliphatic carbocycles. The summed E-state index contributed by atoms with van der Waals surface area (Å²) in [5, 5.41) is 0. The molecule has 0 N–H and O–H groups in total. The van der Waals surface area contributed by atoms with Crippen molar-refractivity contribution in [2.24, 2.45) is 0 Å². The van der Waals surface area contributed by atoms with Crippen LogP contribution in [0, 0.1) is 13.8 Å². The van der Waals surface area contributed by atoms with Crippen molar-refractivity contribution in [3.63, 3.8) is 0 Å². The van der Waals surface area contributed by atoms with Crippen LogP contribution in [0.1, 0.15) is 57.3 Å². The molecule has 6 rings (SSSR count). The van der Waals surface area contributed by atoms with Crippen LogP contribution in [-0.2, 0) is 36.1 Å². The summed E-state index contributed by atoms with van der Waals surface area (Å²) < 4.78 is 4.74. The molecule has 1 nitrogen and oxygen atoms in total. The van der Waals surface area contributed by atoms with Gasteiger partial charge in [0.05, 0.1) is 0 Å². The molecule has 0 bridgehead atoms. The molecular formula is C36H37NZr. The number of allylic oxidation sites excluding steroid dienone is 5. The molecule has 3 aromatic carbocycles. The van der Waals surface area contributed by atoms with Gasteiger partial charge < -0.3 is 0 Å². The Bertz CT molecular complexity index is 1430. The summed E-state index contributed by atoms with van der Waals surface area (Å²) in [5.74, 6) is 0. The number of rotatable bonds is 6.